The van der Waals surface area contributed by atoms with Gasteiger partial charge in [-0.1, -0.05) is 0 Å². The molecule has 1 unspecified atom stereocenters. The first-order valence-corrected chi connectivity index (χ1v) is 6.61. The summed E-state index contributed by atoms with van der Waals surface area (Å²) in [6.07, 6.45) is -1.15. The number of nitrogens with one attached hydrogen (secondary N) is 1. The van der Waals surface area contributed by atoms with E-state index in [1.54, 1.807) is 0 Å². The highest BCUT2D eigenvalue weighted by molar-refractivity contribution is 7.89. The highest BCUT2D eigenvalue weighted by Gasteiger charge is 2.18. The van der Waals surface area contributed by atoms with Crippen molar-refractivity contribution in [3.05, 3.63) is 18.2 Å². The van der Waals surface area contributed by atoms with Crippen molar-refractivity contribution in [2.75, 3.05) is 26.0 Å². The fourth-order valence-corrected chi connectivity index (χ4v) is 2.43. The Morgan fingerprint density at radius 1 is 1.50 bits per heavy atom. The van der Waals surface area contributed by atoms with E-state index in [2.05, 4.69) is 4.72 Å². The third-order valence-corrected chi connectivity index (χ3v) is 3.72. The number of sulfonamides is 1. The molecular formula is C10H16N2O5S. The van der Waals surface area contributed by atoms with Crippen LogP contribution in [0.3, 0.4) is 0 Å². The molecule has 1 aromatic rings. The van der Waals surface area contributed by atoms with Crippen LogP contribution in [0, 0.1) is 0 Å². The third-order valence-electron chi connectivity index (χ3n) is 2.23. The van der Waals surface area contributed by atoms with E-state index in [0.717, 1.165) is 0 Å². The van der Waals surface area contributed by atoms with Gasteiger partial charge in [0.15, 0.2) is 0 Å². The molecule has 5 N–H and O–H groups in total. The highest BCUT2D eigenvalue weighted by Crippen LogP contribution is 2.23. The molecule has 1 rings (SSSR count). The summed E-state index contributed by atoms with van der Waals surface area (Å²) in [5, 5.41) is 17.7. The number of anilines is 1. The van der Waals surface area contributed by atoms with E-state index in [0.29, 0.717) is 5.75 Å². The monoisotopic (exact) mass is 276 g/mol. The maximum absolute atomic E-state index is 11.8. The van der Waals surface area contributed by atoms with Gasteiger partial charge in [-0.2, -0.15) is 0 Å². The van der Waals surface area contributed by atoms with Crippen LogP contribution < -0.4 is 15.2 Å². The normalized spacial score (nSPS) is 13.3. The molecule has 18 heavy (non-hydrogen) atoms. The molecule has 0 aliphatic carbocycles. The second-order valence-corrected chi connectivity index (χ2v) is 5.33. The zero-order valence-electron chi connectivity index (χ0n) is 9.83. The Morgan fingerprint density at radius 3 is 2.67 bits per heavy atom. The van der Waals surface area contributed by atoms with Crippen LogP contribution in [0.1, 0.15) is 0 Å². The molecule has 0 aliphatic rings. The molecule has 8 heteroatoms. The third kappa shape index (κ3) is 3.57. The minimum atomic E-state index is -3.82. The Balaban J connectivity index is 2.91. The van der Waals surface area contributed by atoms with Crippen molar-refractivity contribution in [2.24, 2.45) is 0 Å². The van der Waals surface area contributed by atoms with Crippen molar-refractivity contribution >= 4 is 15.7 Å². The van der Waals surface area contributed by atoms with Crippen LogP contribution >= 0.6 is 0 Å². The number of aliphatic hydroxyl groups excluding tert-OH is 2. The van der Waals surface area contributed by atoms with Crippen LogP contribution in [0.25, 0.3) is 0 Å². The Morgan fingerprint density at radius 2 is 2.17 bits per heavy atom. The zero-order valence-corrected chi connectivity index (χ0v) is 10.6. The van der Waals surface area contributed by atoms with Gasteiger partial charge in [-0.15, -0.1) is 0 Å². The maximum Gasteiger partial charge on any atom is 0.242 e. The summed E-state index contributed by atoms with van der Waals surface area (Å²) in [5.74, 6) is 0.446. The molecule has 0 amide bonds. The Bertz CT molecular complexity index is 503. The van der Waals surface area contributed by atoms with Gasteiger partial charge in [-0.05, 0) is 12.1 Å². The molecule has 0 spiro atoms. The minimum absolute atomic E-state index is 0.0420. The predicted octanol–water partition coefficient (Wildman–Crippen LogP) is -1.09. The topological polar surface area (TPSA) is 122 Å². The minimum Gasteiger partial charge on any atom is -0.497 e. The lowest BCUT2D eigenvalue weighted by atomic mass is 10.3. The smallest absolute Gasteiger partial charge is 0.242 e. The molecule has 1 aromatic carbocycles. The van der Waals surface area contributed by atoms with E-state index in [1.807, 2.05) is 0 Å². The Kier molecular flexibility index (Phi) is 4.91. The van der Waals surface area contributed by atoms with E-state index in [1.165, 1.54) is 25.3 Å². The SMILES string of the molecule is COc1ccc(S(=O)(=O)NCC(O)CO)c(N)c1. The van der Waals surface area contributed by atoms with Crippen molar-refractivity contribution in [3.63, 3.8) is 0 Å². The molecule has 0 heterocycles. The number of benzene rings is 1. The lowest BCUT2D eigenvalue weighted by Gasteiger charge is -2.12. The molecule has 0 fully saturated rings. The lowest BCUT2D eigenvalue weighted by Crippen LogP contribution is -2.34. The summed E-state index contributed by atoms with van der Waals surface area (Å²) in [4.78, 5) is -0.103. The van der Waals surface area contributed by atoms with Gasteiger partial charge in [-0.25, -0.2) is 13.1 Å². The molecule has 7 nitrogen and oxygen atoms in total. The van der Waals surface area contributed by atoms with Gasteiger partial charge in [0.25, 0.3) is 0 Å². The fourth-order valence-electron chi connectivity index (χ4n) is 1.25. The number of aliphatic hydroxyl groups is 2. The average Bonchev–Trinajstić information content (AvgIpc) is 2.35. The molecule has 102 valence electrons. The number of rotatable bonds is 6. The molecular weight excluding hydrogens is 260 g/mol. The number of ether oxygens (including phenoxy) is 1. The van der Waals surface area contributed by atoms with Gasteiger partial charge in [0.05, 0.1) is 25.5 Å². The van der Waals surface area contributed by atoms with E-state index < -0.39 is 22.7 Å². The first-order valence-electron chi connectivity index (χ1n) is 5.13. The van der Waals surface area contributed by atoms with E-state index in [9.17, 15) is 8.42 Å². The molecule has 0 saturated heterocycles. The van der Waals surface area contributed by atoms with Crippen molar-refractivity contribution < 1.29 is 23.4 Å². The first kappa shape index (κ1) is 14.7. The summed E-state index contributed by atoms with van der Waals surface area (Å²) in [7, 11) is -2.38. The van der Waals surface area contributed by atoms with Crippen molar-refractivity contribution in [1.82, 2.24) is 4.72 Å². The van der Waals surface area contributed by atoms with Crippen molar-refractivity contribution in [1.29, 1.82) is 0 Å². The molecule has 0 aliphatic heterocycles. The van der Waals surface area contributed by atoms with Gasteiger partial charge >= 0.3 is 0 Å². The molecule has 0 bridgehead atoms. The van der Waals surface area contributed by atoms with Crippen LogP contribution in [-0.4, -0.2) is 45.0 Å². The lowest BCUT2D eigenvalue weighted by molar-refractivity contribution is 0.0988. The summed E-state index contributed by atoms with van der Waals surface area (Å²) in [6, 6.07) is 4.16. The fraction of sp³-hybridized carbons (Fsp3) is 0.400. The van der Waals surface area contributed by atoms with Crippen LogP contribution in [0.4, 0.5) is 5.69 Å². The molecule has 1 atom stereocenters. The van der Waals surface area contributed by atoms with Gasteiger partial charge in [0, 0.05) is 12.6 Å². The van der Waals surface area contributed by atoms with Gasteiger partial charge < -0.3 is 20.7 Å². The molecule has 0 saturated carbocycles. The quantitative estimate of drug-likeness (QED) is 0.490. The van der Waals surface area contributed by atoms with Crippen LogP contribution in [0.5, 0.6) is 5.75 Å². The maximum atomic E-state index is 11.8. The number of hydrogen-bond donors (Lipinski definition) is 4. The van der Waals surface area contributed by atoms with Crippen LogP contribution in [-0.2, 0) is 10.0 Å². The Labute approximate surface area is 105 Å². The standard InChI is InChI=1S/C10H16N2O5S/c1-17-8-2-3-10(9(11)4-8)18(15,16)12-5-7(14)6-13/h2-4,7,12-14H,5-6,11H2,1H3. The average molecular weight is 276 g/mol. The number of nitrogens with two attached hydrogens (primary N) is 1. The summed E-state index contributed by atoms with van der Waals surface area (Å²) in [5.41, 5.74) is 5.65. The van der Waals surface area contributed by atoms with Gasteiger partial charge in [0.1, 0.15) is 10.6 Å². The highest BCUT2D eigenvalue weighted by atomic mass is 32.2. The van der Waals surface area contributed by atoms with Crippen LogP contribution in [0.15, 0.2) is 23.1 Å². The Hall–Kier alpha value is -1.35. The summed E-state index contributed by atoms with van der Waals surface area (Å²) >= 11 is 0. The molecule has 0 radical (unpaired) electrons. The first-order chi connectivity index (χ1) is 8.40. The van der Waals surface area contributed by atoms with E-state index in [4.69, 9.17) is 20.7 Å². The van der Waals surface area contributed by atoms with Crippen LogP contribution in [0.2, 0.25) is 0 Å². The van der Waals surface area contributed by atoms with Crippen molar-refractivity contribution in [2.45, 2.75) is 11.0 Å². The number of hydrogen-bond acceptors (Lipinski definition) is 6. The van der Waals surface area contributed by atoms with Crippen molar-refractivity contribution in [3.8, 4) is 5.75 Å². The predicted molar refractivity (Wildman–Crippen MR) is 65.7 cm³/mol. The number of nitrogen functional groups attached to an aromatic ring is 1. The largest absolute Gasteiger partial charge is 0.497 e. The van der Waals surface area contributed by atoms with Gasteiger partial charge in [0.2, 0.25) is 10.0 Å². The summed E-state index contributed by atoms with van der Waals surface area (Å²) in [6.45, 7) is -0.815. The number of methoxy groups -OCH3 is 1. The second kappa shape index (κ2) is 6.01. The van der Waals surface area contributed by atoms with Gasteiger partial charge in [-0.3, -0.25) is 0 Å². The summed E-state index contributed by atoms with van der Waals surface area (Å²) < 4.78 is 30.8. The van der Waals surface area contributed by atoms with E-state index in [-0.39, 0.29) is 17.1 Å². The molecule has 0 aromatic heterocycles. The van der Waals surface area contributed by atoms with E-state index >= 15 is 0 Å². The zero-order chi connectivity index (χ0) is 13.8. The second-order valence-electron chi connectivity index (χ2n) is 3.59.